The topological polar surface area (TPSA) is 26.0 Å². The fourth-order valence-corrected chi connectivity index (χ4v) is 0.478. The largest absolute Gasteiger partial charge is 2.00 e. The number of benzene rings is 1. The van der Waals surface area contributed by atoms with Crippen LogP contribution < -0.4 is 5.73 Å². The van der Waals surface area contributed by atoms with Gasteiger partial charge in [0.1, 0.15) is 4.32 Å². The Hall–Kier alpha value is -0.0466. The molecular weight excluding hydrogens is 252 g/mol. The molecular formula is C9H13NS2Zn. The van der Waals surface area contributed by atoms with Crippen molar-refractivity contribution in [2.45, 2.75) is 0 Å². The van der Waals surface area contributed by atoms with Gasteiger partial charge in [0.25, 0.3) is 0 Å². The smallest absolute Gasteiger partial charge is 0.385 e. The number of rotatable bonds is 0. The summed E-state index contributed by atoms with van der Waals surface area (Å²) in [6.45, 7) is 3.72. The first-order valence-electron chi connectivity index (χ1n) is 2.98. The zero-order valence-electron chi connectivity index (χ0n) is 7.73. The van der Waals surface area contributed by atoms with Crippen molar-refractivity contribution in [1.29, 1.82) is 0 Å². The van der Waals surface area contributed by atoms with Crippen LogP contribution in [-0.2, 0) is 19.5 Å². The normalized spacial score (nSPS) is 6.54. The van der Waals surface area contributed by atoms with E-state index in [9.17, 15) is 0 Å². The van der Waals surface area contributed by atoms with Crippen LogP contribution in [0.5, 0.6) is 0 Å². The minimum atomic E-state index is 0. The molecule has 0 aliphatic carbocycles. The molecule has 1 aromatic carbocycles. The minimum absolute atomic E-state index is 0. The van der Waals surface area contributed by atoms with Crippen molar-refractivity contribution in [2.24, 2.45) is 5.73 Å². The number of hydrogen-bond donors (Lipinski definition) is 2. The van der Waals surface area contributed by atoms with E-state index in [2.05, 4.69) is 31.8 Å². The molecule has 0 aromatic heterocycles. The van der Waals surface area contributed by atoms with Crippen molar-refractivity contribution < 1.29 is 19.5 Å². The van der Waals surface area contributed by atoms with E-state index >= 15 is 0 Å². The van der Waals surface area contributed by atoms with Gasteiger partial charge in [-0.25, -0.2) is 0 Å². The van der Waals surface area contributed by atoms with Gasteiger partial charge in [-0.1, -0.05) is 18.3 Å². The fraction of sp³-hybridized carbons (Fsp3) is 0. The summed E-state index contributed by atoms with van der Waals surface area (Å²) in [5.41, 5.74) is 5.78. The molecule has 0 amide bonds. The molecule has 1 rings (SSSR count). The van der Waals surface area contributed by atoms with Crippen LogP contribution in [0.1, 0.15) is 5.56 Å². The Morgan fingerprint density at radius 2 is 1.62 bits per heavy atom. The maximum absolute atomic E-state index is 4.71. The first kappa shape index (κ1) is 18.7. The van der Waals surface area contributed by atoms with Gasteiger partial charge in [0.2, 0.25) is 0 Å². The molecule has 0 radical (unpaired) electrons. The molecule has 1 aromatic rings. The Kier molecular flexibility index (Phi) is 17.2. The van der Waals surface area contributed by atoms with Crippen molar-refractivity contribution in [3.63, 3.8) is 0 Å². The summed E-state index contributed by atoms with van der Waals surface area (Å²) in [5, 5.41) is 0. The molecule has 0 aliphatic heterocycles. The Bertz CT molecular complexity index is 210. The second-order valence-corrected chi connectivity index (χ2v) is 3.05. The maximum Gasteiger partial charge on any atom is 2.00 e. The summed E-state index contributed by atoms with van der Waals surface area (Å²) in [6.07, 6.45) is 0. The van der Waals surface area contributed by atoms with Gasteiger partial charge in [-0.05, 0) is 0 Å². The molecule has 0 atom stereocenters. The molecule has 0 spiro atoms. The Balaban J connectivity index is -0.000000150. The van der Waals surface area contributed by atoms with Crippen LogP contribution in [0.15, 0.2) is 30.3 Å². The van der Waals surface area contributed by atoms with Crippen molar-refractivity contribution in [3.8, 4) is 0 Å². The standard InChI is InChI=1S/C7H7.CH3NS2.CH3.Zn/c1-7-5-3-2-4-6-7;2-1(3)4;;/h2-6H,1H2;(H3,2,3,4);1H3;/q-1;;-1;+2. The van der Waals surface area contributed by atoms with Crippen molar-refractivity contribution in [2.75, 3.05) is 0 Å². The van der Waals surface area contributed by atoms with Gasteiger partial charge in [-0.2, -0.15) is 24.6 Å². The van der Waals surface area contributed by atoms with Gasteiger partial charge in [0, 0.05) is 0 Å². The summed E-state index contributed by atoms with van der Waals surface area (Å²) in [5.74, 6) is 0. The van der Waals surface area contributed by atoms with E-state index in [0.717, 1.165) is 5.56 Å². The molecule has 0 saturated carbocycles. The number of thiocarbonyl (C=S) groups is 1. The minimum Gasteiger partial charge on any atom is -0.385 e. The Morgan fingerprint density at radius 1 is 1.31 bits per heavy atom. The fourth-order valence-electron chi connectivity index (χ4n) is 0.478. The molecule has 4 heteroatoms. The SMILES string of the molecule is NC(=S)S.[CH2-]c1ccccc1.[CH3-].[Zn+2]. The quantitative estimate of drug-likeness (QED) is 0.326. The van der Waals surface area contributed by atoms with Crippen LogP contribution in [-0.4, -0.2) is 4.32 Å². The van der Waals surface area contributed by atoms with Crippen LogP contribution in [0.4, 0.5) is 0 Å². The number of nitrogens with two attached hydrogens (primary N) is 1. The first-order chi connectivity index (χ1) is 5.13. The summed E-state index contributed by atoms with van der Waals surface area (Å²) in [4.78, 5) is 0. The molecule has 2 N–H and O–H groups in total. The second kappa shape index (κ2) is 12.0. The van der Waals surface area contributed by atoms with Crippen molar-refractivity contribution >= 4 is 29.2 Å². The average Bonchev–Trinajstić information content (AvgIpc) is 1.87. The second-order valence-electron chi connectivity index (χ2n) is 1.82. The molecule has 68 valence electrons. The van der Waals surface area contributed by atoms with E-state index in [1.54, 1.807) is 0 Å². The third-order valence-corrected chi connectivity index (χ3v) is 0.843. The van der Waals surface area contributed by atoms with Gasteiger partial charge in [0.05, 0.1) is 0 Å². The van der Waals surface area contributed by atoms with E-state index in [1.807, 2.05) is 30.3 Å². The molecule has 0 heterocycles. The molecule has 0 aliphatic rings. The van der Waals surface area contributed by atoms with E-state index < -0.39 is 0 Å². The Morgan fingerprint density at radius 3 is 1.77 bits per heavy atom. The molecule has 0 saturated heterocycles. The summed E-state index contributed by atoms with van der Waals surface area (Å²) < 4.78 is 0.194. The first-order valence-corrected chi connectivity index (χ1v) is 3.84. The van der Waals surface area contributed by atoms with Crippen LogP contribution >= 0.6 is 24.8 Å². The van der Waals surface area contributed by atoms with E-state index in [0.29, 0.717) is 0 Å². The molecule has 0 fully saturated rings. The predicted octanol–water partition coefficient (Wildman–Crippen LogP) is 2.48. The van der Waals surface area contributed by atoms with Gasteiger partial charge < -0.3 is 13.2 Å². The number of thiol groups is 1. The van der Waals surface area contributed by atoms with Gasteiger partial charge in [-0.15, -0.1) is 24.8 Å². The Labute approximate surface area is 104 Å². The van der Waals surface area contributed by atoms with Gasteiger partial charge in [-0.3, -0.25) is 0 Å². The average molecular weight is 265 g/mol. The van der Waals surface area contributed by atoms with Crippen LogP contribution in [0.2, 0.25) is 0 Å². The third-order valence-electron chi connectivity index (χ3n) is 0.843. The zero-order valence-corrected chi connectivity index (χ0v) is 12.4. The molecule has 1 nitrogen and oxygen atoms in total. The summed E-state index contributed by atoms with van der Waals surface area (Å²) in [7, 11) is 0. The van der Waals surface area contributed by atoms with Crippen LogP contribution in [0.3, 0.4) is 0 Å². The molecule has 13 heavy (non-hydrogen) atoms. The van der Waals surface area contributed by atoms with E-state index in [4.69, 9.17) is 5.73 Å². The maximum atomic E-state index is 4.71. The summed E-state index contributed by atoms with van der Waals surface area (Å²) in [6, 6.07) is 9.87. The van der Waals surface area contributed by atoms with Crippen LogP contribution in [0, 0.1) is 14.4 Å². The molecule has 0 unspecified atom stereocenters. The van der Waals surface area contributed by atoms with Crippen molar-refractivity contribution in [1.82, 2.24) is 0 Å². The van der Waals surface area contributed by atoms with Gasteiger partial charge >= 0.3 is 19.5 Å². The predicted molar refractivity (Wildman–Crippen MR) is 63.1 cm³/mol. The summed E-state index contributed by atoms with van der Waals surface area (Å²) >= 11 is 7.65. The van der Waals surface area contributed by atoms with E-state index in [-0.39, 0.29) is 31.2 Å². The molecule has 0 bridgehead atoms. The van der Waals surface area contributed by atoms with Gasteiger partial charge in [0.15, 0.2) is 0 Å². The number of hydrogen-bond acceptors (Lipinski definition) is 1. The van der Waals surface area contributed by atoms with E-state index in [1.165, 1.54) is 0 Å². The van der Waals surface area contributed by atoms with Crippen molar-refractivity contribution in [3.05, 3.63) is 50.2 Å². The monoisotopic (exact) mass is 263 g/mol. The third kappa shape index (κ3) is 18.7. The zero-order chi connectivity index (χ0) is 8.69. The van der Waals surface area contributed by atoms with Crippen LogP contribution in [0.25, 0.3) is 0 Å².